The summed E-state index contributed by atoms with van der Waals surface area (Å²) in [7, 11) is 1.83. The van der Waals surface area contributed by atoms with E-state index in [0.29, 0.717) is 6.42 Å². The molecule has 4 nitrogen and oxygen atoms in total. The summed E-state index contributed by atoms with van der Waals surface area (Å²) in [5.74, 6) is 0.947. The van der Waals surface area contributed by atoms with E-state index in [-0.39, 0.29) is 18.0 Å². The maximum Gasteiger partial charge on any atom is 0.222 e. The quantitative estimate of drug-likeness (QED) is 0.885. The fourth-order valence-electron chi connectivity index (χ4n) is 2.37. The summed E-state index contributed by atoms with van der Waals surface area (Å²) in [6.45, 7) is 3.95. The summed E-state index contributed by atoms with van der Waals surface area (Å²) in [6.07, 6.45) is 2.23. The molecule has 4 heteroatoms. The van der Waals surface area contributed by atoms with E-state index in [1.54, 1.807) is 4.90 Å². The molecule has 0 fully saturated rings. The minimum absolute atomic E-state index is 0.0693. The van der Waals surface area contributed by atoms with Gasteiger partial charge in [0.2, 0.25) is 5.91 Å². The monoisotopic (exact) mass is 288 g/mol. The first kappa shape index (κ1) is 15.6. The summed E-state index contributed by atoms with van der Waals surface area (Å²) in [5.41, 5.74) is 6.57. The van der Waals surface area contributed by atoms with Gasteiger partial charge in [0.15, 0.2) is 0 Å². The number of rotatable bonds is 6. The lowest BCUT2D eigenvalue weighted by Gasteiger charge is -2.23. The van der Waals surface area contributed by atoms with Gasteiger partial charge in [0, 0.05) is 24.9 Å². The largest absolute Gasteiger partial charge is 0.459 e. The van der Waals surface area contributed by atoms with E-state index >= 15 is 0 Å². The first-order valence-electron chi connectivity index (χ1n) is 7.48. The molecule has 0 aliphatic rings. The van der Waals surface area contributed by atoms with Crippen molar-refractivity contribution in [2.75, 3.05) is 7.05 Å². The van der Waals surface area contributed by atoms with Crippen molar-refractivity contribution in [1.29, 1.82) is 0 Å². The second kappa shape index (κ2) is 6.76. The Morgan fingerprint density at radius 3 is 2.71 bits per heavy atom. The molecule has 0 aliphatic carbocycles. The summed E-state index contributed by atoms with van der Waals surface area (Å²) in [6, 6.07) is 9.97. The molecule has 2 atom stereocenters. The third-order valence-electron chi connectivity index (χ3n) is 3.88. The number of amides is 1. The molecule has 1 aromatic heterocycles. The summed E-state index contributed by atoms with van der Waals surface area (Å²) in [5, 5.41) is 1.07. The molecule has 114 valence electrons. The topological polar surface area (TPSA) is 59.5 Å². The van der Waals surface area contributed by atoms with E-state index in [0.717, 1.165) is 29.6 Å². The van der Waals surface area contributed by atoms with Gasteiger partial charge in [-0.15, -0.1) is 0 Å². The highest BCUT2D eigenvalue weighted by molar-refractivity contribution is 5.79. The third kappa shape index (κ3) is 3.85. The molecule has 1 aromatic carbocycles. The van der Waals surface area contributed by atoms with E-state index in [4.69, 9.17) is 10.2 Å². The van der Waals surface area contributed by atoms with Gasteiger partial charge in [0.1, 0.15) is 11.3 Å². The predicted octanol–water partition coefficient (Wildman–Crippen LogP) is 3.47. The van der Waals surface area contributed by atoms with E-state index in [1.165, 1.54) is 0 Å². The van der Waals surface area contributed by atoms with Crippen LogP contribution in [0.2, 0.25) is 0 Å². The Bertz CT molecular complexity index is 571. The van der Waals surface area contributed by atoms with Crippen molar-refractivity contribution in [3.63, 3.8) is 0 Å². The lowest BCUT2D eigenvalue weighted by atomic mass is 10.1. The Labute approximate surface area is 125 Å². The van der Waals surface area contributed by atoms with Gasteiger partial charge in [0.25, 0.3) is 0 Å². The van der Waals surface area contributed by atoms with E-state index in [2.05, 4.69) is 0 Å². The number of nitrogens with zero attached hydrogens (tertiary/aromatic N) is 1. The molecular weight excluding hydrogens is 264 g/mol. The van der Waals surface area contributed by atoms with Crippen molar-refractivity contribution in [3.05, 3.63) is 36.1 Å². The van der Waals surface area contributed by atoms with Crippen LogP contribution in [-0.4, -0.2) is 23.9 Å². The molecule has 1 amide bonds. The summed E-state index contributed by atoms with van der Waals surface area (Å²) < 4.78 is 5.83. The number of furan rings is 1. The van der Waals surface area contributed by atoms with Crippen molar-refractivity contribution < 1.29 is 9.21 Å². The van der Waals surface area contributed by atoms with Crippen LogP contribution in [0.25, 0.3) is 11.0 Å². The van der Waals surface area contributed by atoms with Gasteiger partial charge in [-0.05, 0) is 38.8 Å². The molecule has 2 rings (SSSR count). The van der Waals surface area contributed by atoms with Crippen LogP contribution in [0.4, 0.5) is 0 Å². The molecule has 0 saturated heterocycles. The van der Waals surface area contributed by atoms with Gasteiger partial charge < -0.3 is 15.1 Å². The number of benzene rings is 1. The third-order valence-corrected chi connectivity index (χ3v) is 3.88. The van der Waals surface area contributed by atoms with Crippen molar-refractivity contribution in [3.8, 4) is 0 Å². The summed E-state index contributed by atoms with van der Waals surface area (Å²) >= 11 is 0. The SMILES string of the molecule is CC(N)CCCC(=O)N(C)C(C)c1cc2ccccc2o1. The maximum atomic E-state index is 12.2. The Balaban J connectivity index is 2.00. The molecule has 0 radical (unpaired) electrons. The lowest BCUT2D eigenvalue weighted by molar-refractivity contribution is -0.132. The Kier molecular flexibility index (Phi) is 5.02. The number of carbonyl (C=O) groups excluding carboxylic acids is 1. The molecule has 0 spiro atoms. The van der Waals surface area contributed by atoms with Crippen LogP contribution < -0.4 is 5.73 Å². The molecule has 0 bridgehead atoms. The van der Waals surface area contributed by atoms with Gasteiger partial charge in [-0.2, -0.15) is 0 Å². The minimum Gasteiger partial charge on any atom is -0.459 e. The van der Waals surface area contributed by atoms with Crippen LogP contribution >= 0.6 is 0 Å². The van der Waals surface area contributed by atoms with Gasteiger partial charge in [0.05, 0.1) is 6.04 Å². The van der Waals surface area contributed by atoms with E-state index in [1.807, 2.05) is 51.2 Å². The highest BCUT2D eigenvalue weighted by atomic mass is 16.3. The average Bonchev–Trinajstić information content (AvgIpc) is 2.89. The molecule has 2 aromatic rings. The Morgan fingerprint density at radius 1 is 1.33 bits per heavy atom. The number of hydrogen-bond acceptors (Lipinski definition) is 3. The van der Waals surface area contributed by atoms with Crippen molar-refractivity contribution in [2.24, 2.45) is 5.73 Å². The lowest BCUT2D eigenvalue weighted by Crippen LogP contribution is -2.29. The fourth-order valence-corrected chi connectivity index (χ4v) is 2.37. The Morgan fingerprint density at radius 2 is 2.05 bits per heavy atom. The molecule has 2 N–H and O–H groups in total. The maximum absolute atomic E-state index is 12.2. The van der Waals surface area contributed by atoms with E-state index in [9.17, 15) is 4.79 Å². The van der Waals surface area contributed by atoms with Gasteiger partial charge in [-0.25, -0.2) is 0 Å². The fraction of sp³-hybridized carbons (Fsp3) is 0.471. The first-order chi connectivity index (χ1) is 9.99. The zero-order valence-corrected chi connectivity index (χ0v) is 13.0. The second-order valence-electron chi connectivity index (χ2n) is 5.74. The molecule has 0 aliphatic heterocycles. The van der Waals surface area contributed by atoms with Crippen LogP contribution in [-0.2, 0) is 4.79 Å². The molecule has 1 heterocycles. The second-order valence-corrected chi connectivity index (χ2v) is 5.74. The normalized spacial score (nSPS) is 14.1. The van der Waals surface area contributed by atoms with Crippen LogP contribution in [0.15, 0.2) is 34.7 Å². The number of nitrogens with two attached hydrogens (primary N) is 1. The number of carbonyl (C=O) groups is 1. The molecule has 21 heavy (non-hydrogen) atoms. The van der Waals surface area contributed by atoms with Crippen LogP contribution in [0, 0.1) is 0 Å². The van der Waals surface area contributed by atoms with Gasteiger partial charge >= 0.3 is 0 Å². The van der Waals surface area contributed by atoms with Crippen LogP contribution in [0.1, 0.15) is 44.9 Å². The van der Waals surface area contributed by atoms with Crippen LogP contribution in [0.5, 0.6) is 0 Å². The molecule has 0 saturated carbocycles. The first-order valence-corrected chi connectivity index (χ1v) is 7.48. The standard InChI is InChI=1S/C17H24N2O2/c1-12(18)7-6-10-17(20)19(3)13(2)16-11-14-8-4-5-9-15(14)21-16/h4-5,8-9,11-13H,6-7,10,18H2,1-3H3. The predicted molar refractivity (Wildman–Crippen MR) is 84.9 cm³/mol. The zero-order valence-electron chi connectivity index (χ0n) is 13.0. The summed E-state index contributed by atoms with van der Waals surface area (Å²) in [4.78, 5) is 13.9. The van der Waals surface area contributed by atoms with E-state index < -0.39 is 0 Å². The Hall–Kier alpha value is -1.81. The number of hydrogen-bond donors (Lipinski definition) is 1. The minimum atomic E-state index is -0.0693. The highest BCUT2D eigenvalue weighted by Gasteiger charge is 2.20. The van der Waals surface area contributed by atoms with Crippen molar-refractivity contribution >= 4 is 16.9 Å². The van der Waals surface area contributed by atoms with Crippen molar-refractivity contribution in [2.45, 2.75) is 45.2 Å². The van der Waals surface area contributed by atoms with Crippen molar-refractivity contribution in [1.82, 2.24) is 4.90 Å². The average molecular weight is 288 g/mol. The number of para-hydroxylation sites is 1. The molecular formula is C17H24N2O2. The van der Waals surface area contributed by atoms with Gasteiger partial charge in [-0.3, -0.25) is 4.79 Å². The molecule has 2 unspecified atom stereocenters. The number of fused-ring (bicyclic) bond motifs is 1. The highest BCUT2D eigenvalue weighted by Crippen LogP contribution is 2.27. The zero-order chi connectivity index (χ0) is 15.4. The van der Waals surface area contributed by atoms with Crippen LogP contribution in [0.3, 0.4) is 0 Å². The van der Waals surface area contributed by atoms with Gasteiger partial charge in [-0.1, -0.05) is 18.2 Å². The smallest absolute Gasteiger partial charge is 0.222 e.